The lowest BCUT2D eigenvalue weighted by molar-refractivity contribution is -0.384. The molecule has 0 radical (unpaired) electrons. The first kappa shape index (κ1) is 21.3. The van der Waals surface area contributed by atoms with Gasteiger partial charge in [0.25, 0.3) is 5.69 Å². The van der Waals surface area contributed by atoms with Crippen molar-refractivity contribution in [3.05, 3.63) is 34.4 Å². The maximum Gasteiger partial charge on any atom is 0.269 e. The number of nitro groups is 1. The molecule has 25 heavy (non-hydrogen) atoms. The van der Waals surface area contributed by atoms with Crippen LogP contribution in [0.15, 0.2) is 24.3 Å². The Kier molecular flexibility index (Phi) is 12.5. The number of nitro benzene ring substituents is 1. The lowest BCUT2D eigenvalue weighted by Gasteiger charge is -2.08. The molecule has 7 nitrogen and oxygen atoms in total. The van der Waals surface area contributed by atoms with E-state index in [1.54, 1.807) is 12.1 Å². The van der Waals surface area contributed by atoms with Gasteiger partial charge in [-0.2, -0.15) is 0 Å². The number of rotatable bonds is 16. The van der Waals surface area contributed by atoms with Gasteiger partial charge in [-0.05, 0) is 18.6 Å². The van der Waals surface area contributed by atoms with Crippen LogP contribution in [0.2, 0.25) is 0 Å². The highest BCUT2D eigenvalue weighted by Gasteiger charge is 2.04. The quantitative estimate of drug-likeness (QED) is 0.256. The maximum atomic E-state index is 10.5. The third-order valence-electron chi connectivity index (χ3n) is 3.43. The maximum absolute atomic E-state index is 10.5. The minimum absolute atomic E-state index is 0.0469. The fourth-order valence-electron chi connectivity index (χ4n) is 2.06. The normalized spacial score (nSPS) is 10.8. The molecule has 0 N–H and O–H groups in total. The molecule has 0 fully saturated rings. The number of benzene rings is 1. The van der Waals surface area contributed by atoms with Crippen molar-refractivity contribution in [1.82, 2.24) is 0 Å². The van der Waals surface area contributed by atoms with Crippen LogP contribution in [0.3, 0.4) is 0 Å². The monoisotopic (exact) mass is 355 g/mol. The van der Waals surface area contributed by atoms with Gasteiger partial charge >= 0.3 is 0 Å². The van der Waals surface area contributed by atoms with E-state index >= 15 is 0 Å². The molecule has 7 heteroatoms. The molecule has 0 unspecified atom stereocenters. The second kappa shape index (κ2) is 14.6. The third-order valence-corrected chi connectivity index (χ3v) is 3.43. The smallest absolute Gasteiger partial charge is 0.269 e. The first-order chi connectivity index (χ1) is 12.2. The van der Waals surface area contributed by atoms with Gasteiger partial charge in [0.05, 0.1) is 38.0 Å². The van der Waals surface area contributed by atoms with E-state index in [0.717, 1.165) is 13.0 Å². The van der Waals surface area contributed by atoms with E-state index in [-0.39, 0.29) is 5.69 Å². The van der Waals surface area contributed by atoms with Crippen LogP contribution >= 0.6 is 0 Å². The van der Waals surface area contributed by atoms with Crippen LogP contribution in [0.4, 0.5) is 5.69 Å². The Morgan fingerprint density at radius 3 is 1.92 bits per heavy atom. The van der Waals surface area contributed by atoms with Gasteiger partial charge < -0.3 is 18.9 Å². The first-order valence-corrected chi connectivity index (χ1v) is 8.84. The minimum Gasteiger partial charge on any atom is -0.491 e. The first-order valence-electron chi connectivity index (χ1n) is 8.84. The number of hydrogen-bond acceptors (Lipinski definition) is 6. The summed E-state index contributed by atoms with van der Waals surface area (Å²) in [6, 6.07) is 5.97. The second-order valence-corrected chi connectivity index (χ2v) is 5.50. The molecule has 0 saturated carbocycles. The number of unbranched alkanes of at least 4 members (excludes halogenated alkanes) is 3. The van der Waals surface area contributed by atoms with Crippen molar-refractivity contribution in [3.8, 4) is 5.75 Å². The van der Waals surface area contributed by atoms with Crippen molar-refractivity contribution in [2.24, 2.45) is 0 Å². The predicted molar refractivity (Wildman–Crippen MR) is 95.2 cm³/mol. The van der Waals surface area contributed by atoms with E-state index < -0.39 is 4.92 Å². The van der Waals surface area contributed by atoms with Crippen LogP contribution in [0, 0.1) is 10.1 Å². The van der Waals surface area contributed by atoms with Gasteiger partial charge in [-0.1, -0.05) is 26.2 Å². The number of non-ortho nitro benzene ring substituents is 1. The largest absolute Gasteiger partial charge is 0.491 e. The van der Waals surface area contributed by atoms with Crippen molar-refractivity contribution in [1.29, 1.82) is 0 Å². The molecule has 1 aromatic carbocycles. The summed E-state index contributed by atoms with van der Waals surface area (Å²) in [7, 11) is 0. The van der Waals surface area contributed by atoms with Gasteiger partial charge in [0, 0.05) is 18.7 Å². The molecule has 0 spiro atoms. The Labute approximate surface area is 149 Å². The zero-order chi connectivity index (χ0) is 18.2. The lowest BCUT2D eigenvalue weighted by atomic mass is 10.2. The Morgan fingerprint density at radius 2 is 1.36 bits per heavy atom. The van der Waals surface area contributed by atoms with E-state index in [2.05, 4.69) is 6.92 Å². The van der Waals surface area contributed by atoms with Gasteiger partial charge in [-0.3, -0.25) is 10.1 Å². The summed E-state index contributed by atoms with van der Waals surface area (Å²) in [5.74, 6) is 0.585. The van der Waals surface area contributed by atoms with Gasteiger partial charge in [0.15, 0.2) is 0 Å². The highest BCUT2D eigenvalue weighted by Crippen LogP contribution is 2.16. The van der Waals surface area contributed by atoms with Crippen molar-refractivity contribution < 1.29 is 23.9 Å². The standard InChI is InChI=1S/C18H29NO6/c1-2-3-4-5-10-22-11-12-23-13-14-24-15-16-25-18-8-6-17(7-9-18)19(20)21/h6-9H,2-5,10-16H2,1H3. The van der Waals surface area contributed by atoms with Gasteiger partial charge in [-0.25, -0.2) is 0 Å². The molecular weight excluding hydrogens is 326 g/mol. The van der Waals surface area contributed by atoms with Crippen LogP contribution in [0.1, 0.15) is 32.6 Å². The molecule has 0 aliphatic heterocycles. The number of hydrogen-bond donors (Lipinski definition) is 0. The summed E-state index contributed by atoms with van der Waals surface area (Å²) in [5.41, 5.74) is 0.0469. The molecule has 1 aromatic rings. The second-order valence-electron chi connectivity index (χ2n) is 5.50. The zero-order valence-corrected chi connectivity index (χ0v) is 15.0. The molecule has 0 aromatic heterocycles. The van der Waals surface area contributed by atoms with Gasteiger partial charge in [0.1, 0.15) is 12.4 Å². The molecular formula is C18H29NO6. The van der Waals surface area contributed by atoms with Gasteiger partial charge in [0.2, 0.25) is 0 Å². The van der Waals surface area contributed by atoms with Crippen LogP contribution in [-0.2, 0) is 14.2 Å². The molecule has 0 saturated heterocycles. The molecule has 1 rings (SSSR count). The van der Waals surface area contributed by atoms with Crippen molar-refractivity contribution >= 4 is 5.69 Å². The number of nitrogens with zero attached hydrogens (tertiary/aromatic N) is 1. The summed E-state index contributed by atoms with van der Waals surface area (Å²) in [5, 5.41) is 10.5. The van der Waals surface area contributed by atoms with E-state index in [1.807, 2.05) is 0 Å². The van der Waals surface area contributed by atoms with E-state index in [0.29, 0.717) is 45.4 Å². The summed E-state index contributed by atoms with van der Waals surface area (Å²) in [6.07, 6.45) is 4.85. The Morgan fingerprint density at radius 1 is 0.800 bits per heavy atom. The predicted octanol–water partition coefficient (Wildman–Crippen LogP) is 3.60. The average Bonchev–Trinajstić information content (AvgIpc) is 2.62. The summed E-state index contributed by atoms with van der Waals surface area (Å²) in [6.45, 7) is 6.05. The van der Waals surface area contributed by atoms with Crippen molar-refractivity contribution in [3.63, 3.8) is 0 Å². The average molecular weight is 355 g/mol. The minimum atomic E-state index is -0.440. The van der Waals surface area contributed by atoms with Crippen LogP contribution < -0.4 is 4.74 Å². The summed E-state index contributed by atoms with van der Waals surface area (Å²) in [4.78, 5) is 10.1. The van der Waals surface area contributed by atoms with Gasteiger partial charge in [-0.15, -0.1) is 0 Å². The van der Waals surface area contributed by atoms with E-state index in [4.69, 9.17) is 18.9 Å². The van der Waals surface area contributed by atoms with Crippen molar-refractivity contribution in [2.75, 3.05) is 46.2 Å². The molecule has 0 aliphatic carbocycles. The topological polar surface area (TPSA) is 80.1 Å². The van der Waals surface area contributed by atoms with Crippen LogP contribution in [0.5, 0.6) is 5.75 Å². The highest BCUT2D eigenvalue weighted by atomic mass is 16.6. The Bertz CT molecular complexity index is 451. The molecule has 0 amide bonds. The van der Waals surface area contributed by atoms with Crippen molar-refractivity contribution in [2.45, 2.75) is 32.6 Å². The van der Waals surface area contributed by atoms with Crippen LogP contribution in [-0.4, -0.2) is 51.2 Å². The third kappa shape index (κ3) is 11.5. The molecule has 0 atom stereocenters. The lowest BCUT2D eigenvalue weighted by Crippen LogP contribution is -2.13. The molecule has 142 valence electrons. The zero-order valence-electron chi connectivity index (χ0n) is 15.0. The molecule has 0 bridgehead atoms. The molecule has 0 aliphatic rings. The summed E-state index contributed by atoms with van der Waals surface area (Å²) >= 11 is 0. The van der Waals surface area contributed by atoms with E-state index in [9.17, 15) is 10.1 Å². The SMILES string of the molecule is CCCCCCOCCOCCOCCOc1ccc([N+](=O)[O-])cc1. The summed E-state index contributed by atoms with van der Waals surface area (Å²) < 4.78 is 21.7. The Balaban J connectivity index is 1.85. The molecule has 0 heterocycles. The fourth-order valence-corrected chi connectivity index (χ4v) is 2.06. The van der Waals surface area contributed by atoms with Crippen LogP contribution in [0.25, 0.3) is 0 Å². The Hall–Kier alpha value is -1.70. The number of ether oxygens (including phenoxy) is 4. The fraction of sp³-hybridized carbons (Fsp3) is 0.667. The van der Waals surface area contributed by atoms with E-state index in [1.165, 1.54) is 31.4 Å². The highest BCUT2D eigenvalue weighted by molar-refractivity contribution is 5.35.